The highest BCUT2D eigenvalue weighted by molar-refractivity contribution is 5.69. The smallest absolute Gasteiger partial charge is 0.336 e. The number of ether oxygens (including phenoxy) is 2. The van der Waals surface area contributed by atoms with Crippen LogP contribution >= 0.6 is 0 Å². The lowest BCUT2D eigenvalue weighted by molar-refractivity contribution is -0.146. The number of aliphatic hydroxyl groups is 1. The van der Waals surface area contributed by atoms with Gasteiger partial charge in [-0.2, -0.15) is 0 Å². The zero-order chi connectivity index (χ0) is 24.8. The van der Waals surface area contributed by atoms with E-state index in [0.717, 1.165) is 22.0 Å². The summed E-state index contributed by atoms with van der Waals surface area (Å²) in [6.45, 7) is 9.14. The molecule has 0 saturated heterocycles. The molecular formula is C22H35N3O8. The summed E-state index contributed by atoms with van der Waals surface area (Å²) in [5.74, 6) is -0.958. The molecule has 0 aliphatic rings. The zero-order valence-electron chi connectivity index (χ0n) is 19.4. The number of nitrogens with zero attached hydrogens (tertiary/aromatic N) is 2. The Morgan fingerprint density at radius 1 is 0.909 bits per heavy atom. The number of aromatic amines is 1. The standard InChI is InChI=1S/C22H35N3O8/c1-4-5-7-16(2)14-32-18(27)9-11-24-20(29)23-21(30)25(22(24)31)12-10-19(28)33-15-17(3)8-6-13-26/h1,16-17,26H,4-15H2,2-3H3,(H,23,29,30). The molecule has 0 amide bonds. The molecule has 1 aromatic rings. The summed E-state index contributed by atoms with van der Waals surface area (Å²) >= 11 is 0. The molecule has 11 heteroatoms. The fourth-order valence-electron chi connectivity index (χ4n) is 3.03. The normalized spacial score (nSPS) is 12.8. The first-order valence-electron chi connectivity index (χ1n) is 11.3. The number of aliphatic hydroxyl groups excluding tert-OH is 1. The zero-order valence-corrected chi connectivity index (χ0v) is 19.4. The number of aromatic nitrogens is 3. The SMILES string of the molecule is [CH]CCCC(C)COC(=O)CCn1c(=O)[nH]c(=O)n(CCC(=O)OCC(C)CCCO)c1=O. The molecule has 0 saturated carbocycles. The Kier molecular flexibility index (Phi) is 13.1. The molecule has 33 heavy (non-hydrogen) atoms. The van der Waals surface area contributed by atoms with Crippen molar-refractivity contribution in [1.29, 1.82) is 0 Å². The van der Waals surface area contributed by atoms with Gasteiger partial charge in [0.1, 0.15) is 0 Å². The van der Waals surface area contributed by atoms with Crippen LogP contribution in [0.4, 0.5) is 0 Å². The number of nitrogens with one attached hydrogen (secondary N) is 1. The summed E-state index contributed by atoms with van der Waals surface area (Å²) in [4.78, 5) is 62.5. The van der Waals surface area contributed by atoms with Crippen molar-refractivity contribution in [2.75, 3.05) is 19.8 Å². The van der Waals surface area contributed by atoms with Crippen molar-refractivity contribution in [2.45, 2.75) is 71.9 Å². The van der Waals surface area contributed by atoms with Gasteiger partial charge >= 0.3 is 29.0 Å². The first-order chi connectivity index (χ1) is 15.7. The van der Waals surface area contributed by atoms with Crippen molar-refractivity contribution in [3.05, 3.63) is 38.4 Å². The highest BCUT2D eigenvalue weighted by Crippen LogP contribution is 2.08. The highest BCUT2D eigenvalue weighted by atomic mass is 16.5. The number of esters is 2. The average Bonchev–Trinajstić information content (AvgIpc) is 2.78. The van der Waals surface area contributed by atoms with Crippen molar-refractivity contribution >= 4 is 11.9 Å². The molecule has 2 atom stereocenters. The molecule has 1 heterocycles. The van der Waals surface area contributed by atoms with E-state index in [1.165, 1.54) is 0 Å². The molecule has 2 radical (unpaired) electrons. The van der Waals surface area contributed by atoms with E-state index in [1.54, 1.807) is 0 Å². The molecule has 2 unspecified atom stereocenters. The second kappa shape index (κ2) is 15.2. The van der Waals surface area contributed by atoms with Crippen LogP contribution < -0.4 is 17.1 Å². The summed E-state index contributed by atoms with van der Waals surface area (Å²) in [6.07, 6.45) is 3.03. The third kappa shape index (κ3) is 10.6. The monoisotopic (exact) mass is 469 g/mol. The molecule has 0 aliphatic heterocycles. The van der Waals surface area contributed by atoms with Crippen LogP contribution in [0, 0.1) is 18.8 Å². The van der Waals surface area contributed by atoms with Crippen LogP contribution in [0.5, 0.6) is 0 Å². The lowest BCUT2D eigenvalue weighted by Gasteiger charge is -2.13. The van der Waals surface area contributed by atoms with Gasteiger partial charge in [-0.1, -0.05) is 20.3 Å². The summed E-state index contributed by atoms with van der Waals surface area (Å²) in [5, 5.41) is 8.82. The van der Waals surface area contributed by atoms with E-state index in [0.29, 0.717) is 19.3 Å². The Morgan fingerprint density at radius 2 is 1.36 bits per heavy atom. The van der Waals surface area contributed by atoms with E-state index in [-0.39, 0.29) is 57.6 Å². The third-order valence-corrected chi connectivity index (χ3v) is 5.06. The molecule has 0 bridgehead atoms. The van der Waals surface area contributed by atoms with Crippen LogP contribution in [0.2, 0.25) is 0 Å². The maximum Gasteiger partial charge on any atom is 0.336 e. The van der Waals surface area contributed by atoms with Crippen LogP contribution in [0.1, 0.15) is 58.8 Å². The quantitative estimate of drug-likeness (QED) is 0.332. The lowest BCUT2D eigenvalue weighted by Crippen LogP contribution is -2.49. The maximum atomic E-state index is 12.6. The highest BCUT2D eigenvalue weighted by Gasteiger charge is 2.15. The predicted octanol–water partition coefficient (Wildman–Crippen LogP) is 0.491. The van der Waals surface area contributed by atoms with Gasteiger partial charge in [-0.15, -0.1) is 0 Å². The minimum atomic E-state index is -0.943. The topological polar surface area (TPSA) is 150 Å². The van der Waals surface area contributed by atoms with E-state index >= 15 is 0 Å². The van der Waals surface area contributed by atoms with E-state index in [1.807, 2.05) is 18.8 Å². The Hall–Kier alpha value is -2.69. The van der Waals surface area contributed by atoms with Crippen molar-refractivity contribution < 1.29 is 24.2 Å². The number of unbranched alkanes of at least 4 members (excludes halogenated alkanes) is 1. The van der Waals surface area contributed by atoms with Gasteiger partial charge in [-0.25, -0.2) is 23.5 Å². The van der Waals surface area contributed by atoms with E-state index in [2.05, 4.69) is 0 Å². The van der Waals surface area contributed by atoms with Gasteiger partial charge < -0.3 is 14.6 Å². The number of carbonyl (C=O) groups is 2. The molecule has 1 aromatic heterocycles. The van der Waals surface area contributed by atoms with Crippen LogP contribution in [0.3, 0.4) is 0 Å². The number of carbonyl (C=O) groups excluding carboxylic acids is 2. The fourth-order valence-corrected chi connectivity index (χ4v) is 3.03. The maximum absolute atomic E-state index is 12.6. The number of H-pyrrole nitrogens is 1. The second-order valence-electron chi connectivity index (χ2n) is 8.19. The van der Waals surface area contributed by atoms with Gasteiger partial charge in [0, 0.05) is 19.7 Å². The van der Waals surface area contributed by atoms with Gasteiger partial charge in [0.2, 0.25) is 0 Å². The summed E-state index contributed by atoms with van der Waals surface area (Å²) in [7, 11) is 0. The molecule has 0 aliphatic carbocycles. The Morgan fingerprint density at radius 3 is 1.79 bits per heavy atom. The Bertz CT molecular complexity index is 848. The molecule has 0 aromatic carbocycles. The van der Waals surface area contributed by atoms with Crippen LogP contribution in [-0.2, 0) is 32.2 Å². The van der Waals surface area contributed by atoms with Crippen molar-refractivity contribution in [3.8, 4) is 0 Å². The first-order valence-corrected chi connectivity index (χ1v) is 11.3. The van der Waals surface area contributed by atoms with Gasteiger partial charge in [0.15, 0.2) is 0 Å². The third-order valence-electron chi connectivity index (χ3n) is 5.06. The largest absolute Gasteiger partial charge is 0.465 e. The molecular weight excluding hydrogens is 434 g/mol. The van der Waals surface area contributed by atoms with Crippen LogP contribution in [0.25, 0.3) is 0 Å². The summed E-state index contributed by atoms with van der Waals surface area (Å²) in [6, 6.07) is 0. The molecule has 0 fully saturated rings. The van der Waals surface area contributed by atoms with E-state index in [4.69, 9.17) is 21.5 Å². The van der Waals surface area contributed by atoms with Crippen molar-refractivity contribution in [2.24, 2.45) is 11.8 Å². The van der Waals surface area contributed by atoms with Crippen LogP contribution in [0.15, 0.2) is 14.4 Å². The molecule has 0 spiro atoms. The predicted molar refractivity (Wildman–Crippen MR) is 120 cm³/mol. The Labute approximate surface area is 192 Å². The minimum Gasteiger partial charge on any atom is -0.465 e. The minimum absolute atomic E-state index is 0.0608. The van der Waals surface area contributed by atoms with E-state index in [9.17, 15) is 24.0 Å². The van der Waals surface area contributed by atoms with Gasteiger partial charge in [-0.05, 0) is 44.4 Å². The van der Waals surface area contributed by atoms with Crippen LogP contribution in [-0.4, -0.2) is 51.0 Å². The van der Waals surface area contributed by atoms with Crippen molar-refractivity contribution in [1.82, 2.24) is 14.1 Å². The summed E-state index contributed by atoms with van der Waals surface area (Å²) < 4.78 is 11.7. The lowest BCUT2D eigenvalue weighted by atomic mass is 10.1. The molecule has 2 N–H and O–H groups in total. The molecule has 1 rings (SSSR count). The van der Waals surface area contributed by atoms with Gasteiger partial charge in [0.05, 0.1) is 26.1 Å². The Balaban J connectivity index is 2.65. The number of hydrogen-bond donors (Lipinski definition) is 2. The van der Waals surface area contributed by atoms with Gasteiger partial charge in [-0.3, -0.25) is 14.6 Å². The van der Waals surface area contributed by atoms with E-state index < -0.39 is 29.0 Å². The number of rotatable bonds is 16. The average molecular weight is 470 g/mol. The molecule has 186 valence electrons. The van der Waals surface area contributed by atoms with Crippen molar-refractivity contribution in [3.63, 3.8) is 0 Å². The number of hydrogen-bond acceptors (Lipinski definition) is 8. The molecule has 11 nitrogen and oxygen atoms in total. The van der Waals surface area contributed by atoms with Gasteiger partial charge in [0.25, 0.3) is 0 Å². The first kappa shape index (κ1) is 28.3. The fraction of sp³-hybridized carbons (Fsp3) is 0.727. The second-order valence-corrected chi connectivity index (χ2v) is 8.19. The summed E-state index contributed by atoms with van der Waals surface area (Å²) in [5.41, 5.74) is -2.80.